The lowest BCUT2D eigenvalue weighted by molar-refractivity contribution is 0.112. The van der Waals surface area contributed by atoms with Crippen LogP contribution in [0.4, 0.5) is 4.39 Å². The fraction of sp³-hybridized carbons (Fsp3) is 0.0625. The summed E-state index contributed by atoms with van der Waals surface area (Å²) in [6.45, 7) is 1.98. The minimum Gasteiger partial charge on any atom is -0.354 e. The highest BCUT2D eigenvalue weighted by atomic mass is 19.1. The van der Waals surface area contributed by atoms with Crippen LogP contribution in [-0.2, 0) is 0 Å². The summed E-state index contributed by atoms with van der Waals surface area (Å²) >= 11 is 0. The highest BCUT2D eigenvalue weighted by molar-refractivity contribution is 6.04. The molecule has 3 aromatic rings. The summed E-state index contributed by atoms with van der Waals surface area (Å²) in [5.74, 6) is -0.289. The largest absolute Gasteiger partial charge is 0.354 e. The standard InChI is InChI=1S/C16H12FNO/c1-10-2-7-15-13(8-10)14(9-19)16(18-15)11-3-5-12(17)6-4-11/h2-9,18H,1H3. The molecule has 19 heavy (non-hydrogen) atoms. The van der Waals surface area contributed by atoms with E-state index in [0.29, 0.717) is 5.56 Å². The van der Waals surface area contributed by atoms with E-state index >= 15 is 0 Å². The van der Waals surface area contributed by atoms with Crippen LogP contribution in [0.1, 0.15) is 15.9 Å². The van der Waals surface area contributed by atoms with E-state index in [1.165, 1.54) is 12.1 Å². The molecule has 0 saturated heterocycles. The number of rotatable bonds is 2. The zero-order chi connectivity index (χ0) is 13.4. The van der Waals surface area contributed by atoms with Crippen LogP contribution in [0.3, 0.4) is 0 Å². The number of halogens is 1. The van der Waals surface area contributed by atoms with Gasteiger partial charge in [0.05, 0.1) is 5.69 Å². The third kappa shape index (κ3) is 1.93. The number of hydrogen-bond acceptors (Lipinski definition) is 1. The molecular weight excluding hydrogens is 241 g/mol. The zero-order valence-corrected chi connectivity index (χ0v) is 10.4. The molecule has 94 valence electrons. The summed E-state index contributed by atoms with van der Waals surface area (Å²) in [5, 5.41) is 0.898. The van der Waals surface area contributed by atoms with E-state index in [1.54, 1.807) is 12.1 Å². The second kappa shape index (κ2) is 4.35. The summed E-state index contributed by atoms with van der Waals surface area (Å²) in [6, 6.07) is 12.0. The second-order valence-electron chi connectivity index (χ2n) is 4.59. The van der Waals surface area contributed by atoms with Crippen LogP contribution in [0.15, 0.2) is 42.5 Å². The van der Waals surface area contributed by atoms with Gasteiger partial charge >= 0.3 is 0 Å². The van der Waals surface area contributed by atoms with Crippen molar-refractivity contribution >= 4 is 17.2 Å². The van der Waals surface area contributed by atoms with Crippen LogP contribution >= 0.6 is 0 Å². The van der Waals surface area contributed by atoms with Crippen LogP contribution in [0.25, 0.3) is 22.2 Å². The number of nitrogens with one attached hydrogen (secondary N) is 1. The van der Waals surface area contributed by atoms with Crippen molar-refractivity contribution in [2.45, 2.75) is 6.92 Å². The first kappa shape index (κ1) is 11.7. The second-order valence-corrected chi connectivity index (χ2v) is 4.59. The van der Waals surface area contributed by atoms with Crippen molar-refractivity contribution in [2.24, 2.45) is 0 Å². The first-order valence-electron chi connectivity index (χ1n) is 6.02. The maximum Gasteiger partial charge on any atom is 0.152 e. The van der Waals surface area contributed by atoms with Gasteiger partial charge < -0.3 is 4.98 Å². The molecule has 1 aromatic heterocycles. The van der Waals surface area contributed by atoms with Gasteiger partial charge in [-0.25, -0.2) is 4.39 Å². The van der Waals surface area contributed by atoms with Crippen LogP contribution in [-0.4, -0.2) is 11.3 Å². The number of carbonyl (C=O) groups excluding carboxylic acids is 1. The number of aldehydes is 1. The quantitative estimate of drug-likeness (QED) is 0.685. The Bertz CT molecular complexity index is 756. The van der Waals surface area contributed by atoms with E-state index in [2.05, 4.69) is 4.98 Å². The Morgan fingerprint density at radius 1 is 1.11 bits per heavy atom. The molecule has 3 heteroatoms. The molecule has 2 aromatic carbocycles. The Morgan fingerprint density at radius 3 is 2.53 bits per heavy atom. The molecule has 3 rings (SSSR count). The summed E-state index contributed by atoms with van der Waals surface area (Å²) < 4.78 is 13.0. The van der Waals surface area contributed by atoms with Crippen molar-refractivity contribution in [3.63, 3.8) is 0 Å². The monoisotopic (exact) mass is 253 g/mol. The van der Waals surface area contributed by atoms with Gasteiger partial charge in [-0.3, -0.25) is 4.79 Å². The number of carbonyl (C=O) groups is 1. The van der Waals surface area contributed by atoms with Crippen molar-refractivity contribution in [1.29, 1.82) is 0 Å². The highest BCUT2D eigenvalue weighted by Crippen LogP contribution is 2.29. The first-order chi connectivity index (χ1) is 9.19. The SMILES string of the molecule is Cc1ccc2[nH]c(-c3ccc(F)cc3)c(C=O)c2c1. The van der Waals surface area contributed by atoms with Crippen molar-refractivity contribution in [2.75, 3.05) is 0 Å². The van der Waals surface area contributed by atoms with Crippen LogP contribution < -0.4 is 0 Å². The van der Waals surface area contributed by atoms with Gasteiger partial charge in [0.25, 0.3) is 0 Å². The number of H-pyrrole nitrogens is 1. The molecule has 0 spiro atoms. The molecule has 0 fully saturated rings. The lowest BCUT2D eigenvalue weighted by atomic mass is 10.1. The molecule has 2 nitrogen and oxygen atoms in total. The number of aryl methyl sites for hydroxylation is 1. The van der Waals surface area contributed by atoms with E-state index < -0.39 is 0 Å². The Labute approximate surface area is 109 Å². The Hall–Kier alpha value is -2.42. The third-order valence-electron chi connectivity index (χ3n) is 3.24. The molecule has 0 aliphatic rings. The van der Waals surface area contributed by atoms with Crippen LogP contribution in [0.2, 0.25) is 0 Å². The summed E-state index contributed by atoms with van der Waals surface area (Å²) in [4.78, 5) is 14.6. The van der Waals surface area contributed by atoms with Gasteiger partial charge in [0, 0.05) is 16.5 Å². The molecule has 1 heterocycles. The lowest BCUT2D eigenvalue weighted by Gasteiger charge is -1.99. The predicted molar refractivity (Wildman–Crippen MR) is 73.8 cm³/mol. The van der Waals surface area contributed by atoms with E-state index in [-0.39, 0.29) is 5.82 Å². The molecule has 0 aliphatic heterocycles. The average molecular weight is 253 g/mol. The predicted octanol–water partition coefficient (Wildman–Crippen LogP) is 4.09. The molecule has 0 atom stereocenters. The van der Waals surface area contributed by atoms with E-state index in [0.717, 1.165) is 34.0 Å². The van der Waals surface area contributed by atoms with Crippen molar-refractivity contribution < 1.29 is 9.18 Å². The number of fused-ring (bicyclic) bond motifs is 1. The minimum absolute atomic E-state index is 0.289. The van der Waals surface area contributed by atoms with Crippen molar-refractivity contribution in [3.05, 3.63) is 59.4 Å². The van der Waals surface area contributed by atoms with E-state index in [9.17, 15) is 9.18 Å². The number of aromatic nitrogens is 1. The number of benzene rings is 2. The van der Waals surface area contributed by atoms with Crippen molar-refractivity contribution in [1.82, 2.24) is 4.98 Å². The van der Waals surface area contributed by atoms with Gasteiger partial charge in [-0.1, -0.05) is 11.6 Å². The van der Waals surface area contributed by atoms with Gasteiger partial charge in [0.1, 0.15) is 5.82 Å². The molecule has 0 amide bonds. The first-order valence-corrected chi connectivity index (χ1v) is 6.02. The maximum atomic E-state index is 13.0. The maximum absolute atomic E-state index is 13.0. The fourth-order valence-electron chi connectivity index (χ4n) is 2.29. The molecule has 0 aliphatic carbocycles. The van der Waals surface area contributed by atoms with Crippen LogP contribution in [0.5, 0.6) is 0 Å². The number of hydrogen-bond donors (Lipinski definition) is 1. The number of aromatic amines is 1. The zero-order valence-electron chi connectivity index (χ0n) is 10.4. The van der Waals surface area contributed by atoms with E-state index in [1.807, 2.05) is 25.1 Å². The topological polar surface area (TPSA) is 32.9 Å². The molecule has 0 saturated carbocycles. The lowest BCUT2D eigenvalue weighted by Crippen LogP contribution is -1.85. The van der Waals surface area contributed by atoms with Gasteiger partial charge in [0.15, 0.2) is 6.29 Å². The van der Waals surface area contributed by atoms with Gasteiger partial charge in [0.2, 0.25) is 0 Å². The Morgan fingerprint density at radius 2 is 1.84 bits per heavy atom. The van der Waals surface area contributed by atoms with Crippen LogP contribution in [0, 0.1) is 12.7 Å². The molecule has 0 bridgehead atoms. The molecule has 0 unspecified atom stereocenters. The Kier molecular flexibility index (Phi) is 2.67. The normalized spacial score (nSPS) is 10.8. The summed E-state index contributed by atoms with van der Waals surface area (Å²) in [6.07, 6.45) is 0.844. The molecule has 1 N–H and O–H groups in total. The fourth-order valence-corrected chi connectivity index (χ4v) is 2.29. The van der Waals surface area contributed by atoms with Crippen molar-refractivity contribution in [3.8, 4) is 11.3 Å². The molecular formula is C16H12FNO. The summed E-state index contributed by atoms with van der Waals surface area (Å²) in [5.41, 5.74) is 4.16. The smallest absolute Gasteiger partial charge is 0.152 e. The van der Waals surface area contributed by atoms with Gasteiger partial charge in [-0.2, -0.15) is 0 Å². The highest BCUT2D eigenvalue weighted by Gasteiger charge is 2.12. The minimum atomic E-state index is -0.289. The van der Waals surface area contributed by atoms with Gasteiger partial charge in [-0.05, 0) is 48.9 Å². The average Bonchev–Trinajstić information content (AvgIpc) is 2.77. The van der Waals surface area contributed by atoms with E-state index in [4.69, 9.17) is 0 Å². The summed E-state index contributed by atoms with van der Waals surface area (Å²) in [7, 11) is 0. The Balaban J connectivity index is 2.28. The third-order valence-corrected chi connectivity index (χ3v) is 3.24. The molecule has 0 radical (unpaired) electrons. The van der Waals surface area contributed by atoms with Gasteiger partial charge in [-0.15, -0.1) is 0 Å².